The molecule has 2 heterocycles. The van der Waals surface area contributed by atoms with Gasteiger partial charge < -0.3 is 4.90 Å². The van der Waals surface area contributed by atoms with Crippen LogP contribution in [0.4, 0.5) is 5.69 Å². The molecule has 0 amide bonds. The highest BCUT2D eigenvalue weighted by atomic mass is 35.5. The molecular formula is C14H18ClN3S. The number of anilines is 1. The summed E-state index contributed by atoms with van der Waals surface area (Å²) < 4.78 is 0. The van der Waals surface area contributed by atoms with Gasteiger partial charge in [0.25, 0.3) is 0 Å². The highest BCUT2D eigenvalue weighted by Gasteiger charge is 2.12. The third kappa shape index (κ3) is 3.45. The monoisotopic (exact) mass is 295 g/mol. The van der Waals surface area contributed by atoms with E-state index >= 15 is 0 Å². The van der Waals surface area contributed by atoms with E-state index < -0.39 is 0 Å². The molecule has 3 nitrogen and oxygen atoms in total. The lowest BCUT2D eigenvalue weighted by Gasteiger charge is -2.21. The van der Waals surface area contributed by atoms with Gasteiger partial charge in [-0.1, -0.05) is 13.8 Å². The molecule has 5 heteroatoms. The first-order valence-electron chi connectivity index (χ1n) is 6.25. The number of hydrogen-bond donors (Lipinski definition) is 0. The predicted molar refractivity (Wildman–Crippen MR) is 82.1 cm³/mol. The number of rotatable bonds is 5. The van der Waals surface area contributed by atoms with Crippen LogP contribution in [0.5, 0.6) is 0 Å². The summed E-state index contributed by atoms with van der Waals surface area (Å²) in [5, 5.41) is 4.24. The number of thiophene rings is 1. The molecule has 102 valence electrons. The molecule has 0 saturated carbocycles. The van der Waals surface area contributed by atoms with Gasteiger partial charge in [0.05, 0.1) is 23.5 Å². The Hall–Kier alpha value is -1.13. The number of nitrogens with zero attached hydrogens (tertiary/aromatic N) is 3. The lowest BCUT2D eigenvalue weighted by molar-refractivity contribution is 0.758. The van der Waals surface area contributed by atoms with Gasteiger partial charge in [-0.25, -0.2) is 9.97 Å². The fraction of sp³-hybridized carbons (Fsp3) is 0.429. The van der Waals surface area contributed by atoms with Crippen LogP contribution in [0.1, 0.15) is 36.8 Å². The SMILES string of the molecule is CC(C)c1ncc(N(C)Cc2ccsc2)c(CCl)n1. The van der Waals surface area contributed by atoms with E-state index in [1.165, 1.54) is 5.56 Å². The average Bonchev–Trinajstić information content (AvgIpc) is 2.90. The van der Waals surface area contributed by atoms with Gasteiger partial charge >= 0.3 is 0 Å². The number of halogens is 1. The van der Waals surface area contributed by atoms with Crippen LogP contribution in [-0.4, -0.2) is 17.0 Å². The van der Waals surface area contributed by atoms with Crippen molar-refractivity contribution in [3.63, 3.8) is 0 Å². The molecule has 0 atom stereocenters. The van der Waals surface area contributed by atoms with Gasteiger partial charge in [-0.05, 0) is 22.4 Å². The zero-order valence-electron chi connectivity index (χ0n) is 11.4. The number of alkyl halides is 1. The molecule has 2 aromatic heterocycles. The van der Waals surface area contributed by atoms with E-state index in [2.05, 4.69) is 45.5 Å². The highest BCUT2D eigenvalue weighted by Crippen LogP contribution is 2.23. The molecule has 0 aliphatic carbocycles. The zero-order valence-corrected chi connectivity index (χ0v) is 13.0. The van der Waals surface area contributed by atoms with Gasteiger partial charge in [-0.15, -0.1) is 11.6 Å². The van der Waals surface area contributed by atoms with Gasteiger partial charge in [0.1, 0.15) is 5.82 Å². The Morgan fingerprint density at radius 1 is 1.42 bits per heavy atom. The van der Waals surface area contributed by atoms with E-state index in [9.17, 15) is 0 Å². The van der Waals surface area contributed by atoms with Crippen LogP contribution in [0.3, 0.4) is 0 Å². The van der Waals surface area contributed by atoms with Gasteiger partial charge in [-0.2, -0.15) is 11.3 Å². The fourth-order valence-corrected chi connectivity index (χ4v) is 2.72. The van der Waals surface area contributed by atoms with Crippen LogP contribution in [0.2, 0.25) is 0 Å². The first-order chi connectivity index (χ1) is 9.11. The van der Waals surface area contributed by atoms with Gasteiger partial charge in [0, 0.05) is 19.5 Å². The van der Waals surface area contributed by atoms with E-state index in [-0.39, 0.29) is 0 Å². The molecule has 0 aliphatic heterocycles. The fourth-order valence-electron chi connectivity index (χ4n) is 1.86. The van der Waals surface area contributed by atoms with Crippen molar-refractivity contribution in [3.05, 3.63) is 40.1 Å². The second-order valence-electron chi connectivity index (χ2n) is 4.84. The van der Waals surface area contributed by atoms with Crippen molar-refractivity contribution in [1.82, 2.24) is 9.97 Å². The average molecular weight is 296 g/mol. The van der Waals surface area contributed by atoms with Crippen molar-refractivity contribution in [1.29, 1.82) is 0 Å². The topological polar surface area (TPSA) is 29.0 Å². The number of aromatic nitrogens is 2. The highest BCUT2D eigenvalue weighted by molar-refractivity contribution is 7.07. The second kappa shape index (κ2) is 6.35. The molecule has 0 radical (unpaired) electrons. The summed E-state index contributed by atoms with van der Waals surface area (Å²) in [6.45, 7) is 5.02. The van der Waals surface area contributed by atoms with Crippen LogP contribution >= 0.6 is 22.9 Å². The van der Waals surface area contributed by atoms with Crippen molar-refractivity contribution >= 4 is 28.6 Å². The molecule has 0 bridgehead atoms. The van der Waals surface area contributed by atoms with Crippen molar-refractivity contribution in [3.8, 4) is 0 Å². The van der Waals surface area contributed by atoms with E-state index in [1.54, 1.807) is 11.3 Å². The standard InChI is InChI=1S/C14H18ClN3S/c1-10(2)14-16-7-13(12(6-15)17-14)18(3)8-11-4-5-19-9-11/h4-5,7,9-10H,6,8H2,1-3H3. The number of hydrogen-bond acceptors (Lipinski definition) is 4. The Labute approximate surface area is 123 Å². The molecule has 0 N–H and O–H groups in total. The maximum absolute atomic E-state index is 6.02. The lowest BCUT2D eigenvalue weighted by Crippen LogP contribution is -2.19. The minimum atomic E-state index is 0.318. The Morgan fingerprint density at radius 2 is 2.21 bits per heavy atom. The molecule has 2 aromatic rings. The molecular weight excluding hydrogens is 278 g/mol. The van der Waals surface area contributed by atoms with E-state index in [1.807, 2.05) is 13.2 Å². The van der Waals surface area contributed by atoms with Crippen LogP contribution in [0.25, 0.3) is 0 Å². The third-order valence-corrected chi connectivity index (χ3v) is 3.90. The Kier molecular flexibility index (Phi) is 4.77. The molecule has 0 aromatic carbocycles. The van der Waals surface area contributed by atoms with Crippen molar-refractivity contribution < 1.29 is 0 Å². The molecule has 19 heavy (non-hydrogen) atoms. The quantitative estimate of drug-likeness (QED) is 0.780. The predicted octanol–water partition coefficient (Wildman–Crippen LogP) is 4.04. The largest absolute Gasteiger partial charge is 0.367 e. The minimum Gasteiger partial charge on any atom is -0.367 e. The summed E-state index contributed by atoms with van der Waals surface area (Å²) in [5.74, 6) is 1.58. The van der Waals surface area contributed by atoms with Crippen molar-refractivity contribution in [2.24, 2.45) is 0 Å². The maximum atomic E-state index is 6.02. The van der Waals surface area contributed by atoms with Crippen LogP contribution in [0.15, 0.2) is 23.0 Å². The smallest absolute Gasteiger partial charge is 0.131 e. The van der Waals surface area contributed by atoms with Crippen molar-refractivity contribution in [2.75, 3.05) is 11.9 Å². The van der Waals surface area contributed by atoms with Crippen LogP contribution in [-0.2, 0) is 12.4 Å². The molecule has 0 unspecified atom stereocenters. The first-order valence-corrected chi connectivity index (χ1v) is 7.73. The normalized spacial score (nSPS) is 11.0. The summed E-state index contributed by atoms with van der Waals surface area (Å²) in [5.41, 5.74) is 3.20. The summed E-state index contributed by atoms with van der Waals surface area (Å²) >= 11 is 7.73. The molecule has 0 spiro atoms. The van der Waals surface area contributed by atoms with Gasteiger partial charge in [0.2, 0.25) is 0 Å². The lowest BCUT2D eigenvalue weighted by atomic mass is 10.2. The molecule has 2 rings (SSSR count). The Bertz CT molecular complexity index is 525. The molecule has 0 aliphatic rings. The zero-order chi connectivity index (χ0) is 13.8. The first kappa shape index (κ1) is 14.3. The summed E-state index contributed by atoms with van der Waals surface area (Å²) in [7, 11) is 2.04. The van der Waals surface area contributed by atoms with E-state index in [0.717, 1.165) is 23.8 Å². The van der Waals surface area contributed by atoms with E-state index in [4.69, 9.17) is 11.6 Å². The van der Waals surface area contributed by atoms with Crippen molar-refractivity contribution in [2.45, 2.75) is 32.2 Å². The van der Waals surface area contributed by atoms with Crippen LogP contribution in [0, 0.1) is 0 Å². The maximum Gasteiger partial charge on any atom is 0.131 e. The molecule has 0 saturated heterocycles. The van der Waals surface area contributed by atoms with Gasteiger partial charge in [-0.3, -0.25) is 0 Å². The molecule has 0 fully saturated rings. The van der Waals surface area contributed by atoms with E-state index in [0.29, 0.717) is 11.8 Å². The Balaban J connectivity index is 2.23. The summed E-state index contributed by atoms with van der Waals surface area (Å²) in [6.07, 6.45) is 1.88. The third-order valence-electron chi connectivity index (χ3n) is 2.92. The summed E-state index contributed by atoms with van der Waals surface area (Å²) in [6, 6.07) is 2.13. The van der Waals surface area contributed by atoms with Gasteiger partial charge in [0.15, 0.2) is 0 Å². The summed E-state index contributed by atoms with van der Waals surface area (Å²) in [4.78, 5) is 11.1. The second-order valence-corrected chi connectivity index (χ2v) is 5.88. The van der Waals surface area contributed by atoms with Crippen LogP contribution < -0.4 is 4.90 Å². The Morgan fingerprint density at radius 3 is 2.79 bits per heavy atom. The minimum absolute atomic E-state index is 0.318.